The van der Waals surface area contributed by atoms with Gasteiger partial charge in [-0.25, -0.2) is 4.79 Å². The molecule has 0 aromatic carbocycles. The lowest BCUT2D eigenvalue weighted by Crippen LogP contribution is -2.24. The molecule has 1 rings (SSSR count). The van der Waals surface area contributed by atoms with Crippen molar-refractivity contribution in [1.82, 2.24) is 10.2 Å². The molecule has 0 radical (unpaired) electrons. The molecule has 4 heteroatoms. The molecule has 0 atom stereocenters. The number of carbonyl (C=O) groups excluding carboxylic acids is 1. The lowest BCUT2D eigenvalue weighted by Gasteiger charge is -2.18. The Hall–Kier alpha value is -1.45. The molecule has 1 heterocycles. The molecule has 0 saturated carbocycles. The van der Waals surface area contributed by atoms with E-state index in [2.05, 4.69) is 10.2 Å². The Kier molecular flexibility index (Phi) is 2.84. The van der Waals surface area contributed by atoms with Crippen LogP contribution in [0.15, 0.2) is 12.1 Å². The zero-order chi connectivity index (χ0) is 10.8. The molecule has 0 aliphatic rings. The second-order valence-electron chi connectivity index (χ2n) is 4.06. The van der Waals surface area contributed by atoms with Crippen LogP contribution in [0.25, 0.3) is 0 Å². The number of aryl methyl sites for hydroxylation is 1. The second-order valence-corrected chi connectivity index (χ2v) is 4.06. The molecule has 0 saturated heterocycles. The fraction of sp³-hybridized carbons (Fsp3) is 0.500. The van der Waals surface area contributed by atoms with E-state index in [-0.39, 0.29) is 5.69 Å². The van der Waals surface area contributed by atoms with Crippen molar-refractivity contribution in [2.45, 2.75) is 33.3 Å². The maximum Gasteiger partial charge on any atom is 0.359 e. The second kappa shape index (κ2) is 3.74. The third-order valence-electron chi connectivity index (χ3n) is 1.41. The molecule has 4 nitrogen and oxygen atoms in total. The highest BCUT2D eigenvalue weighted by molar-refractivity contribution is 5.87. The van der Waals surface area contributed by atoms with Crippen LogP contribution in [0.2, 0.25) is 0 Å². The van der Waals surface area contributed by atoms with Gasteiger partial charge in [-0.05, 0) is 39.8 Å². The van der Waals surface area contributed by atoms with Crippen molar-refractivity contribution in [3.63, 3.8) is 0 Å². The van der Waals surface area contributed by atoms with Gasteiger partial charge >= 0.3 is 5.97 Å². The molecule has 0 fully saturated rings. The van der Waals surface area contributed by atoms with E-state index in [1.807, 2.05) is 27.7 Å². The molecule has 0 N–H and O–H groups in total. The summed E-state index contributed by atoms with van der Waals surface area (Å²) in [5.41, 5.74) is 0.520. The predicted octanol–water partition coefficient (Wildman–Crippen LogP) is 1.74. The normalized spacial score (nSPS) is 11.1. The summed E-state index contributed by atoms with van der Waals surface area (Å²) in [7, 11) is 0. The van der Waals surface area contributed by atoms with Crippen LogP contribution < -0.4 is 0 Å². The SMILES string of the molecule is Cc1ccc(C(=O)OC(C)(C)C)nn1. The molecule has 1 aromatic rings. The molecule has 76 valence electrons. The van der Waals surface area contributed by atoms with Crippen molar-refractivity contribution >= 4 is 5.97 Å². The third-order valence-corrected chi connectivity index (χ3v) is 1.41. The quantitative estimate of drug-likeness (QED) is 0.639. The largest absolute Gasteiger partial charge is 0.455 e. The fourth-order valence-electron chi connectivity index (χ4n) is 0.838. The standard InChI is InChI=1S/C10H14N2O2/c1-7-5-6-8(12-11-7)9(13)14-10(2,3)4/h5-6H,1-4H3. The van der Waals surface area contributed by atoms with Crippen LogP contribution in [0, 0.1) is 6.92 Å². The first-order chi connectivity index (χ1) is 6.38. The highest BCUT2D eigenvalue weighted by Crippen LogP contribution is 2.10. The van der Waals surface area contributed by atoms with Crippen LogP contribution in [0.3, 0.4) is 0 Å². The van der Waals surface area contributed by atoms with E-state index in [0.29, 0.717) is 0 Å². The van der Waals surface area contributed by atoms with Crippen molar-refractivity contribution in [3.05, 3.63) is 23.5 Å². The van der Waals surface area contributed by atoms with Crippen LogP contribution in [0.1, 0.15) is 37.0 Å². The van der Waals surface area contributed by atoms with Gasteiger partial charge in [-0.1, -0.05) is 0 Å². The van der Waals surface area contributed by atoms with Gasteiger partial charge in [0.05, 0.1) is 5.69 Å². The van der Waals surface area contributed by atoms with Gasteiger partial charge in [0.2, 0.25) is 0 Å². The van der Waals surface area contributed by atoms with E-state index in [1.165, 1.54) is 0 Å². The minimum atomic E-state index is -0.496. The van der Waals surface area contributed by atoms with Gasteiger partial charge in [-0.3, -0.25) is 0 Å². The van der Waals surface area contributed by atoms with Crippen LogP contribution in [0.5, 0.6) is 0 Å². The molecule has 0 unspecified atom stereocenters. The van der Waals surface area contributed by atoms with Crippen LogP contribution in [-0.2, 0) is 4.74 Å². The lowest BCUT2D eigenvalue weighted by molar-refractivity contribution is 0.00616. The van der Waals surface area contributed by atoms with Gasteiger partial charge in [-0.2, -0.15) is 5.10 Å². The fourth-order valence-corrected chi connectivity index (χ4v) is 0.838. The topological polar surface area (TPSA) is 52.1 Å². The zero-order valence-corrected chi connectivity index (χ0v) is 8.87. The Balaban J connectivity index is 2.76. The van der Waals surface area contributed by atoms with Crippen molar-refractivity contribution in [1.29, 1.82) is 0 Å². The summed E-state index contributed by atoms with van der Waals surface area (Å²) in [5.74, 6) is -0.440. The van der Waals surface area contributed by atoms with E-state index < -0.39 is 11.6 Å². The highest BCUT2D eigenvalue weighted by atomic mass is 16.6. The molecule has 0 aliphatic heterocycles. The number of hydrogen-bond donors (Lipinski definition) is 0. The number of esters is 1. The maximum absolute atomic E-state index is 11.4. The molecule has 14 heavy (non-hydrogen) atoms. The van der Waals surface area contributed by atoms with Gasteiger partial charge in [0, 0.05) is 0 Å². The number of carbonyl (C=O) groups is 1. The molecular weight excluding hydrogens is 180 g/mol. The average molecular weight is 194 g/mol. The predicted molar refractivity (Wildman–Crippen MR) is 51.9 cm³/mol. The Labute approximate surface area is 83.3 Å². The lowest BCUT2D eigenvalue weighted by atomic mass is 10.2. The van der Waals surface area contributed by atoms with E-state index >= 15 is 0 Å². The van der Waals surface area contributed by atoms with Gasteiger partial charge in [-0.15, -0.1) is 5.10 Å². The number of ether oxygens (including phenoxy) is 1. The molecule has 0 aliphatic carbocycles. The van der Waals surface area contributed by atoms with Gasteiger partial charge in [0.15, 0.2) is 5.69 Å². The minimum Gasteiger partial charge on any atom is -0.455 e. The third kappa shape index (κ3) is 3.12. The molecule has 0 bridgehead atoms. The Morgan fingerprint density at radius 1 is 1.29 bits per heavy atom. The van der Waals surface area contributed by atoms with Gasteiger partial charge < -0.3 is 4.74 Å². The molecule has 1 aromatic heterocycles. The van der Waals surface area contributed by atoms with Crippen molar-refractivity contribution < 1.29 is 9.53 Å². The number of hydrogen-bond acceptors (Lipinski definition) is 4. The van der Waals surface area contributed by atoms with E-state index in [9.17, 15) is 4.79 Å². The van der Waals surface area contributed by atoms with Crippen molar-refractivity contribution in [2.24, 2.45) is 0 Å². The number of aromatic nitrogens is 2. The molecule has 0 amide bonds. The van der Waals surface area contributed by atoms with E-state index in [1.54, 1.807) is 12.1 Å². The summed E-state index contributed by atoms with van der Waals surface area (Å²) in [6, 6.07) is 3.34. The zero-order valence-electron chi connectivity index (χ0n) is 8.87. The number of nitrogens with zero attached hydrogens (tertiary/aromatic N) is 2. The first kappa shape index (κ1) is 10.6. The Bertz CT molecular complexity index is 325. The van der Waals surface area contributed by atoms with Crippen LogP contribution in [-0.4, -0.2) is 21.8 Å². The summed E-state index contributed by atoms with van der Waals surface area (Å²) in [5, 5.41) is 7.52. The van der Waals surface area contributed by atoms with Gasteiger partial charge in [0.1, 0.15) is 5.60 Å². The first-order valence-corrected chi connectivity index (χ1v) is 4.42. The van der Waals surface area contributed by atoms with Crippen LogP contribution in [0.4, 0.5) is 0 Å². The van der Waals surface area contributed by atoms with Crippen molar-refractivity contribution in [3.8, 4) is 0 Å². The van der Waals surface area contributed by atoms with Crippen molar-refractivity contribution in [2.75, 3.05) is 0 Å². The first-order valence-electron chi connectivity index (χ1n) is 4.42. The smallest absolute Gasteiger partial charge is 0.359 e. The maximum atomic E-state index is 11.4. The summed E-state index contributed by atoms with van der Waals surface area (Å²) in [6.07, 6.45) is 0. The highest BCUT2D eigenvalue weighted by Gasteiger charge is 2.18. The number of rotatable bonds is 1. The van der Waals surface area contributed by atoms with Gasteiger partial charge in [0.25, 0.3) is 0 Å². The van der Waals surface area contributed by atoms with E-state index in [4.69, 9.17) is 4.74 Å². The monoisotopic (exact) mass is 194 g/mol. The summed E-state index contributed by atoms with van der Waals surface area (Å²) >= 11 is 0. The van der Waals surface area contributed by atoms with Crippen LogP contribution >= 0.6 is 0 Å². The Morgan fingerprint density at radius 3 is 2.36 bits per heavy atom. The molecular formula is C10H14N2O2. The minimum absolute atomic E-state index is 0.241. The summed E-state index contributed by atoms with van der Waals surface area (Å²) in [6.45, 7) is 7.25. The van der Waals surface area contributed by atoms with E-state index in [0.717, 1.165) is 5.69 Å². The molecule has 0 spiro atoms. The summed E-state index contributed by atoms with van der Waals surface area (Å²) in [4.78, 5) is 11.4. The summed E-state index contributed by atoms with van der Waals surface area (Å²) < 4.78 is 5.12. The average Bonchev–Trinajstić information content (AvgIpc) is 2.02. The Morgan fingerprint density at radius 2 is 1.93 bits per heavy atom.